The average Bonchev–Trinajstić information content (AvgIpc) is 3.10. The second kappa shape index (κ2) is 8.32. The Balaban J connectivity index is 1.56. The van der Waals surface area contributed by atoms with Crippen molar-refractivity contribution in [1.29, 1.82) is 5.26 Å². The van der Waals surface area contributed by atoms with Gasteiger partial charge in [-0.05, 0) is 36.4 Å². The smallest absolute Gasteiger partial charge is 0.225 e. The van der Waals surface area contributed by atoms with Crippen LogP contribution in [-0.2, 0) is 4.79 Å². The van der Waals surface area contributed by atoms with Crippen LogP contribution in [0.25, 0.3) is 5.69 Å². The van der Waals surface area contributed by atoms with Gasteiger partial charge in [0.25, 0.3) is 0 Å². The molecular weight excluding hydrogens is 351 g/mol. The number of imidazole rings is 1. The Hall–Kier alpha value is -3.11. The highest BCUT2D eigenvalue weighted by molar-refractivity contribution is 7.99. The lowest BCUT2D eigenvalue weighted by molar-refractivity contribution is -0.115. The molecule has 1 amide bonds. The van der Waals surface area contributed by atoms with Gasteiger partial charge in [0.15, 0.2) is 5.16 Å². The van der Waals surface area contributed by atoms with Gasteiger partial charge in [-0.15, -0.1) is 0 Å². The first-order chi connectivity index (χ1) is 12.7. The van der Waals surface area contributed by atoms with Crippen molar-refractivity contribution in [3.8, 4) is 11.8 Å². The highest BCUT2D eigenvalue weighted by atomic mass is 32.2. The normalized spacial score (nSPS) is 10.3. The van der Waals surface area contributed by atoms with Crippen LogP contribution in [0.2, 0.25) is 0 Å². The zero-order valence-corrected chi connectivity index (χ0v) is 14.5. The molecule has 0 spiro atoms. The fraction of sp³-hybridized carbons (Fsp3) is 0.105. The maximum atomic E-state index is 13.4. The third kappa shape index (κ3) is 4.49. The summed E-state index contributed by atoms with van der Waals surface area (Å²) in [4.78, 5) is 16.3. The Bertz CT molecular complexity index is 964. The number of halogens is 1. The van der Waals surface area contributed by atoms with Crippen molar-refractivity contribution in [3.63, 3.8) is 0 Å². The number of hydrogen-bond acceptors (Lipinski definition) is 4. The number of hydrogen-bond donors (Lipinski definition) is 1. The molecule has 0 unspecified atom stereocenters. The Morgan fingerprint density at radius 1 is 1.27 bits per heavy atom. The Labute approximate surface area is 154 Å². The van der Waals surface area contributed by atoms with Crippen LogP contribution in [-0.4, -0.2) is 21.2 Å². The molecule has 0 aliphatic heterocycles. The van der Waals surface area contributed by atoms with Crippen LogP contribution in [0.4, 0.5) is 10.1 Å². The quantitative estimate of drug-likeness (QED) is 0.669. The van der Waals surface area contributed by atoms with E-state index in [2.05, 4.69) is 10.3 Å². The number of anilines is 1. The molecule has 3 aromatic rings. The summed E-state index contributed by atoms with van der Waals surface area (Å²) >= 11 is 1.42. The van der Waals surface area contributed by atoms with Crippen molar-refractivity contribution in [2.24, 2.45) is 0 Å². The summed E-state index contributed by atoms with van der Waals surface area (Å²) in [5.41, 5.74) is 1.78. The lowest BCUT2D eigenvalue weighted by Crippen LogP contribution is -2.12. The van der Waals surface area contributed by atoms with Crippen molar-refractivity contribution < 1.29 is 9.18 Å². The molecule has 1 N–H and O–H groups in total. The van der Waals surface area contributed by atoms with Crippen LogP contribution >= 0.6 is 11.8 Å². The van der Waals surface area contributed by atoms with Gasteiger partial charge in [-0.25, -0.2) is 9.37 Å². The molecule has 0 aliphatic carbocycles. The highest BCUT2D eigenvalue weighted by Crippen LogP contribution is 2.21. The Kier molecular flexibility index (Phi) is 5.66. The summed E-state index contributed by atoms with van der Waals surface area (Å²) in [6.07, 6.45) is 3.68. The molecule has 0 saturated carbocycles. The summed E-state index contributed by atoms with van der Waals surface area (Å²) in [7, 11) is 0. The molecule has 0 fully saturated rings. The zero-order valence-electron chi connectivity index (χ0n) is 13.7. The number of thioether (sulfide) groups is 1. The van der Waals surface area contributed by atoms with E-state index >= 15 is 0 Å². The van der Waals surface area contributed by atoms with Crippen molar-refractivity contribution in [3.05, 3.63) is 72.3 Å². The van der Waals surface area contributed by atoms with Crippen LogP contribution in [0.5, 0.6) is 0 Å². The largest absolute Gasteiger partial charge is 0.326 e. The van der Waals surface area contributed by atoms with Crippen LogP contribution in [0.3, 0.4) is 0 Å². The van der Waals surface area contributed by atoms with Crippen LogP contribution in [0.15, 0.2) is 66.1 Å². The van der Waals surface area contributed by atoms with Crippen molar-refractivity contribution in [2.75, 3.05) is 11.1 Å². The Morgan fingerprint density at radius 3 is 2.92 bits per heavy atom. The molecule has 0 atom stereocenters. The molecule has 0 saturated heterocycles. The van der Waals surface area contributed by atoms with E-state index in [9.17, 15) is 9.18 Å². The van der Waals surface area contributed by atoms with E-state index in [4.69, 9.17) is 5.26 Å². The fourth-order valence-electron chi connectivity index (χ4n) is 2.34. The molecule has 0 aliphatic rings. The topological polar surface area (TPSA) is 70.7 Å². The second-order valence-electron chi connectivity index (χ2n) is 5.40. The van der Waals surface area contributed by atoms with E-state index in [1.807, 2.05) is 6.07 Å². The van der Waals surface area contributed by atoms with Gasteiger partial charge in [-0.3, -0.25) is 9.36 Å². The molecule has 0 radical (unpaired) electrons. The maximum Gasteiger partial charge on any atom is 0.225 e. The van der Waals surface area contributed by atoms with Gasteiger partial charge in [0.05, 0.1) is 17.3 Å². The minimum absolute atomic E-state index is 0.142. The first kappa shape index (κ1) is 17.7. The molecule has 0 bridgehead atoms. The van der Waals surface area contributed by atoms with Crippen LogP contribution in [0, 0.1) is 17.1 Å². The molecule has 3 rings (SSSR count). The molecule has 7 heteroatoms. The van der Waals surface area contributed by atoms with Crippen LogP contribution < -0.4 is 5.32 Å². The molecule has 2 aromatic carbocycles. The highest BCUT2D eigenvalue weighted by Gasteiger charge is 2.09. The molecular formula is C19H15FN4OS. The number of aromatic nitrogens is 2. The lowest BCUT2D eigenvalue weighted by atomic mass is 10.2. The standard InChI is InChI=1S/C19H15FN4OS/c20-15-4-2-6-17(12-15)24-9-8-22-19(24)26-10-7-18(25)23-16-5-1-3-14(11-16)13-21/h1-6,8-9,11-12H,7,10H2,(H,23,25). The molecule has 5 nitrogen and oxygen atoms in total. The SMILES string of the molecule is N#Cc1cccc(NC(=O)CCSc2nccn2-c2cccc(F)c2)c1. The number of rotatable bonds is 6. The van der Waals surface area contributed by atoms with Gasteiger partial charge < -0.3 is 5.32 Å². The summed E-state index contributed by atoms with van der Waals surface area (Å²) in [6, 6.07) is 15.1. The summed E-state index contributed by atoms with van der Waals surface area (Å²) in [6.45, 7) is 0. The van der Waals surface area contributed by atoms with Gasteiger partial charge in [-0.2, -0.15) is 5.26 Å². The molecule has 130 valence electrons. The van der Waals surface area contributed by atoms with Gasteiger partial charge in [0.2, 0.25) is 5.91 Å². The predicted molar refractivity (Wildman–Crippen MR) is 98.6 cm³/mol. The minimum atomic E-state index is -0.314. The molecule has 26 heavy (non-hydrogen) atoms. The van der Waals surface area contributed by atoms with Crippen LogP contribution in [0.1, 0.15) is 12.0 Å². The van der Waals surface area contributed by atoms with E-state index in [1.54, 1.807) is 53.4 Å². The number of nitrogens with one attached hydrogen (secondary N) is 1. The number of nitriles is 1. The lowest BCUT2D eigenvalue weighted by Gasteiger charge is -2.08. The number of benzene rings is 2. The minimum Gasteiger partial charge on any atom is -0.326 e. The summed E-state index contributed by atoms with van der Waals surface area (Å²) < 4.78 is 15.2. The number of carbonyl (C=O) groups excluding carboxylic acids is 1. The maximum absolute atomic E-state index is 13.4. The molecule has 1 aromatic heterocycles. The van der Waals surface area contributed by atoms with E-state index < -0.39 is 0 Å². The second-order valence-corrected chi connectivity index (χ2v) is 6.46. The van der Waals surface area contributed by atoms with E-state index in [-0.39, 0.29) is 18.1 Å². The number of nitrogens with zero attached hydrogens (tertiary/aromatic N) is 3. The fourth-order valence-corrected chi connectivity index (χ4v) is 3.25. The summed E-state index contributed by atoms with van der Waals surface area (Å²) in [5, 5.41) is 12.3. The van der Waals surface area contributed by atoms with Gasteiger partial charge in [0, 0.05) is 30.3 Å². The van der Waals surface area contributed by atoms with E-state index in [0.717, 1.165) is 0 Å². The predicted octanol–water partition coefficient (Wildman–Crippen LogP) is 4.00. The first-order valence-electron chi connectivity index (χ1n) is 7.88. The average molecular weight is 366 g/mol. The number of amides is 1. The van der Waals surface area contributed by atoms with Gasteiger partial charge >= 0.3 is 0 Å². The third-order valence-electron chi connectivity index (χ3n) is 3.53. The van der Waals surface area contributed by atoms with Crippen molar-refractivity contribution >= 4 is 23.4 Å². The van der Waals surface area contributed by atoms with Gasteiger partial charge in [-0.1, -0.05) is 23.9 Å². The monoisotopic (exact) mass is 366 g/mol. The van der Waals surface area contributed by atoms with E-state index in [0.29, 0.717) is 27.8 Å². The summed E-state index contributed by atoms with van der Waals surface area (Å²) in [5.74, 6) is 0.0680. The number of carbonyl (C=O) groups is 1. The van der Waals surface area contributed by atoms with Gasteiger partial charge in [0.1, 0.15) is 5.82 Å². The van der Waals surface area contributed by atoms with Crippen molar-refractivity contribution in [1.82, 2.24) is 9.55 Å². The van der Waals surface area contributed by atoms with E-state index in [1.165, 1.54) is 23.9 Å². The first-order valence-corrected chi connectivity index (χ1v) is 8.86. The Morgan fingerprint density at radius 2 is 2.12 bits per heavy atom. The molecule has 1 heterocycles. The third-order valence-corrected chi connectivity index (χ3v) is 4.50. The van der Waals surface area contributed by atoms with Crippen molar-refractivity contribution in [2.45, 2.75) is 11.6 Å². The zero-order chi connectivity index (χ0) is 18.4.